The Hall–Kier alpha value is -1.14. The molecule has 0 bridgehead atoms. The van der Waals surface area contributed by atoms with Gasteiger partial charge in [0.2, 0.25) is 0 Å². The molecule has 0 heterocycles. The normalized spacial score (nSPS) is 11.4. The maximum absolute atomic E-state index is 13.3. The van der Waals surface area contributed by atoms with Crippen molar-refractivity contribution in [2.45, 2.75) is 6.61 Å². The fraction of sp³-hybridized carbons (Fsp3) is 0.333. The molecule has 0 saturated heterocycles. The predicted octanol–water partition coefficient (Wildman–Crippen LogP) is 1.31. The summed E-state index contributed by atoms with van der Waals surface area (Å²) in [6.45, 7) is -0.366. The van der Waals surface area contributed by atoms with Crippen molar-refractivity contribution in [3.63, 3.8) is 0 Å². The van der Waals surface area contributed by atoms with Crippen molar-refractivity contribution in [3.8, 4) is 5.75 Å². The summed E-state index contributed by atoms with van der Waals surface area (Å²) >= 11 is 0. The highest BCUT2D eigenvalue weighted by Gasteiger charge is 2.11. The lowest BCUT2D eigenvalue weighted by Crippen LogP contribution is -2.05. The molecule has 1 aromatic rings. The third-order valence-corrected chi connectivity index (χ3v) is 2.26. The highest BCUT2D eigenvalue weighted by molar-refractivity contribution is 7.85. The average molecular weight is 234 g/mol. The summed E-state index contributed by atoms with van der Waals surface area (Å²) in [6, 6.07) is 4.21. The Kier molecular flexibility index (Phi) is 3.65. The lowest BCUT2D eigenvalue weighted by Gasteiger charge is -2.08. The first-order chi connectivity index (χ1) is 6.94. The molecule has 0 saturated carbocycles. The molecule has 0 unspecified atom stereocenters. The van der Waals surface area contributed by atoms with Crippen molar-refractivity contribution in [2.24, 2.45) is 0 Å². The summed E-state index contributed by atoms with van der Waals surface area (Å²) in [5.41, 5.74) is 0.0884. The van der Waals surface area contributed by atoms with Crippen LogP contribution in [0.3, 0.4) is 0 Å². The second kappa shape index (κ2) is 4.59. The van der Waals surface area contributed by atoms with E-state index >= 15 is 0 Å². The molecule has 0 aliphatic rings. The van der Waals surface area contributed by atoms with Crippen LogP contribution in [0, 0.1) is 5.82 Å². The molecule has 0 amide bonds. The largest absolute Gasteiger partial charge is 0.496 e. The van der Waals surface area contributed by atoms with Gasteiger partial charge < -0.3 is 4.74 Å². The lowest BCUT2D eigenvalue weighted by molar-refractivity contribution is 0.295. The van der Waals surface area contributed by atoms with Crippen LogP contribution in [0.4, 0.5) is 4.39 Å². The Morgan fingerprint density at radius 1 is 1.40 bits per heavy atom. The van der Waals surface area contributed by atoms with Crippen molar-refractivity contribution < 1.29 is 21.7 Å². The summed E-state index contributed by atoms with van der Waals surface area (Å²) in [4.78, 5) is 0. The Morgan fingerprint density at radius 2 is 2.07 bits per heavy atom. The molecule has 1 aromatic carbocycles. The first-order valence-corrected chi connectivity index (χ1v) is 5.91. The molecule has 1 rings (SSSR count). The molecule has 0 aliphatic heterocycles. The molecule has 0 fully saturated rings. The zero-order valence-electron chi connectivity index (χ0n) is 8.36. The average Bonchev–Trinajstić information content (AvgIpc) is 2.14. The van der Waals surface area contributed by atoms with Gasteiger partial charge in [0.1, 0.15) is 11.6 Å². The van der Waals surface area contributed by atoms with Crippen LogP contribution >= 0.6 is 0 Å². The van der Waals surface area contributed by atoms with Crippen molar-refractivity contribution in [2.75, 3.05) is 13.4 Å². The Labute approximate surface area is 87.8 Å². The monoisotopic (exact) mass is 234 g/mol. The van der Waals surface area contributed by atoms with Gasteiger partial charge in [-0.1, -0.05) is 6.07 Å². The Balaban J connectivity index is 2.93. The van der Waals surface area contributed by atoms with E-state index in [1.807, 2.05) is 0 Å². The first-order valence-electron chi connectivity index (χ1n) is 4.10. The number of hydrogen-bond acceptors (Lipinski definition) is 4. The molecule has 4 nitrogen and oxygen atoms in total. The minimum atomic E-state index is -3.59. The zero-order chi connectivity index (χ0) is 11.5. The third-order valence-electron chi connectivity index (χ3n) is 1.71. The molecule has 6 heteroatoms. The SMILES string of the molecule is COc1cccc(F)c1COS(C)(=O)=O. The number of hydrogen-bond donors (Lipinski definition) is 0. The standard InChI is InChI=1S/C9H11FO4S/c1-13-9-5-3-4-8(10)7(9)6-14-15(2,11)12/h3-5H,6H2,1-2H3. The quantitative estimate of drug-likeness (QED) is 0.737. The van der Waals surface area contributed by atoms with Crippen LogP contribution < -0.4 is 4.74 Å². The van der Waals surface area contributed by atoms with E-state index in [0.717, 1.165) is 6.26 Å². The minimum Gasteiger partial charge on any atom is -0.496 e. The summed E-state index contributed by atoms with van der Waals surface area (Å²) in [5, 5.41) is 0. The maximum atomic E-state index is 13.3. The highest BCUT2D eigenvalue weighted by Crippen LogP contribution is 2.22. The van der Waals surface area contributed by atoms with Crippen molar-refractivity contribution in [1.82, 2.24) is 0 Å². The van der Waals surface area contributed by atoms with Gasteiger partial charge in [-0.25, -0.2) is 4.39 Å². The van der Waals surface area contributed by atoms with Gasteiger partial charge in [0.25, 0.3) is 10.1 Å². The molecule has 0 aromatic heterocycles. The molecule has 0 atom stereocenters. The van der Waals surface area contributed by atoms with E-state index in [1.165, 1.54) is 25.3 Å². The lowest BCUT2D eigenvalue weighted by atomic mass is 10.2. The number of halogens is 1. The van der Waals surface area contributed by atoms with Crippen LogP contribution in [0.25, 0.3) is 0 Å². The van der Waals surface area contributed by atoms with Crippen LogP contribution in [0.1, 0.15) is 5.56 Å². The van der Waals surface area contributed by atoms with Crippen LogP contribution in [0.2, 0.25) is 0 Å². The Morgan fingerprint density at radius 3 is 2.60 bits per heavy atom. The summed E-state index contributed by atoms with van der Waals surface area (Å²) < 4.78 is 44.1. The second-order valence-electron chi connectivity index (χ2n) is 2.89. The molecule has 0 radical (unpaired) electrons. The smallest absolute Gasteiger partial charge is 0.264 e. The first kappa shape index (κ1) is 11.9. The van der Waals surface area contributed by atoms with Crippen molar-refractivity contribution in [1.29, 1.82) is 0 Å². The van der Waals surface area contributed by atoms with Gasteiger partial charge in [-0.3, -0.25) is 4.18 Å². The van der Waals surface area contributed by atoms with Crippen molar-refractivity contribution >= 4 is 10.1 Å². The number of benzene rings is 1. The summed E-state index contributed by atoms with van der Waals surface area (Å²) in [5.74, 6) is -0.295. The molecule has 84 valence electrons. The zero-order valence-corrected chi connectivity index (χ0v) is 9.17. The molecule has 0 spiro atoms. The molecule has 0 N–H and O–H groups in total. The van der Waals surface area contributed by atoms with Crippen LogP contribution in [-0.4, -0.2) is 21.8 Å². The Bertz CT molecular complexity index is 441. The van der Waals surface area contributed by atoms with Gasteiger partial charge in [-0.2, -0.15) is 8.42 Å². The van der Waals surface area contributed by atoms with Gasteiger partial charge in [-0.05, 0) is 12.1 Å². The summed E-state index contributed by atoms with van der Waals surface area (Å²) in [6.07, 6.45) is 0.903. The fourth-order valence-electron chi connectivity index (χ4n) is 1.04. The fourth-order valence-corrected chi connectivity index (χ4v) is 1.37. The maximum Gasteiger partial charge on any atom is 0.264 e. The molecular weight excluding hydrogens is 223 g/mol. The number of ether oxygens (including phenoxy) is 1. The third kappa shape index (κ3) is 3.49. The summed E-state index contributed by atoms with van der Waals surface area (Å²) in [7, 11) is -2.21. The van der Waals surface area contributed by atoms with E-state index < -0.39 is 15.9 Å². The number of rotatable bonds is 4. The molecular formula is C9H11FO4S. The minimum absolute atomic E-state index is 0.0884. The van der Waals surface area contributed by atoms with Gasteiger partial charge in [-0.15, -0.1) is 0 Å². The van der Waals surface area contributed by atoms with E-state index in [2.05, 4.69) is 4.18 Å². The second-order valence-corrected chi connectivity index (χ2v) is 4.53. The van der Waals surface area contributed by atoms with Crippen molar-refractivity contribution in [3.05, 3.63) is 29.6 Å². The van der Waals surface area contributed by atoms with E-state index in [4.69, 9.17) is 4.74 Å². The van der Waals surface area contributed by atoms with Gasteiger partial charge in [0, 0.05) is 0 Å². The van der Waals surface area contributed by atoms with Gasteiger partial charge in [0.15, 0.2) is 0 Å². The highest BCUT2D eigenvalue weighted by atomic mass is 32.2. The predicted molar refractivity (Wildman–Crippen MR) is 52.6 cm³/mol. The van der Waals surface area contributed by atoms with E-state index in [9.17, 15) is 12.8 Å². The van der Waals surface area contributed by atoms with Gasteiger partial charge in [0.05, 0.1) is 25.5 Å². The molecule has 15 heavy (non-hydrogen) atoms. The van der Waals surface area contributed by atoms with Crippen LogP contribution in [-0.2, 0) is 20.9 Å². The van der Waals surface area contributed by atoms with E-state index in [0.29, 0.717) is 0 Å². The van der Waals surface area contributed by atoms with E-state index in [1.54, 1.807) is 0 Å². The topological polar surface area (TPSA) is 52.6 Å². The van der Waals surface area contributed by atoms with Gasteiger partial charge >= 0.3 is 0 Å². The van der Waals surface area contributed by atoms with E-state index in [-0.39, 0.29) is 17.9 Å². The number of methoxy groups -OCH3 is 1. The van der Waals surface area contributed by atoms with Crippen LogP contribution in [0.15, 0.2) is 18.2 Å². The van der Waals surface area contributed by atoms with Crippen LogP contribution in [0.5, 0.6) is 5.75 Å². The molecule has 0 aliphatic carbocycles.